The van der Waals surface area contributed by atoms with Crippen LogP contribution in [0.1, 0.15) is 13.3 Å². The summed E-state index contributed by atoms with van der Waals surface area (Å²) in [6.45, 7) is 1.82. The molecule has 0 saturated heterocycles. The summed E-state index contributed by atoms with van der Waals surface area (Å²) >= 11 is 0. The number of nitrogens with zero attached hydrogens (tertiary/aromatic N) is 2. The van der Waals surface area contributed by atoms with Crippen molar-refractivity contribution in [2.75, 3.05) is 12.4 Å². The summed E-state index contributed by atoms with van der Waals surface area (Å²) in [5.41, 5.74) is 1.58. The molecule has 0 aliphatic rings. The molecule has 0 bridgehead atoms. The summed E-state index contributed by atoms with van der Waals surface area (Å²) in [6, 6.07) is 10.1. The summed E-state index contributed by atoms with van der Waals surface area (Å²) in [7, 11) is 1.55. The molecule has 0 aliphatic carbocycles. The Bertz CT molecular complexity index is 926. The number of nitro benzene ring substituents is 1. The van der Waals surface area contributed by atoms with Crippen LogP contribution in [0, 0.1) is 10.1 Å². The van der Waals surface area contributed by atoms with Crippen molar-refractivity contribution in [3.8, 4) is 5.75 Å². The molecule has 0 amide bonds. The number of nitro groups is 1. The molecule has 124 valence electrons. The number of benzene rings is 2. The highest BCUT2D eigenvalue weighted by atomic mass is 16.6. The molecule has 1 heterocycles. The van der Waals surface area contributed by atoms with Crippen molar-refractivity contribution < 1.29 is 14.8 Å². The Balaban J connectivity index is 2.43. The maximum Gasteiger partial charge on any atom is 0.280 e. The number of hydrogen-bond acceptors (Lipinski definition) is 6. The van der Waals surface area contributed by atoms with Gasteiger partial charge in [-0.1, -0.05) is 13.0 Å². The smallest absolute Gasteiger partial charge is 0.280 e. The van der Waals surface area contributed by atoms with Gasteiger partial charge in [-0.25, -0.2) is 4.98 Å². The van der Waals surface area contributed by atoms with Crippen molar-refractivity contribution in [1.82, 2.24) is 4.98 Å². The van der Waals surface area contributed by atoms with Gasteiger partial charge in [-0.3, -0.25) is 10.1 Å². The minimum atomic E-state index is -0.829. The van der Waals surface area contributed by atoms with E-state index in [0.29, 0.717) is 39.7 Å². The highest BCUT2D eigenvalue weighted by molar-refractivity contribution is 6.11. The Morgan fingerprint density at radius 2 is 2.12 bits per heavy atom. The molecule has 0 saturated carbocycles. The number of nitrogens with one attached hydrogen (secondary N) is 1. The molecule has 1 unspecified atom stereocenters. The van der Waals surface area contributed by atoms with E-state index < -0.39 is 11.2 Å². The number of aliphatic hydroxyl groups excluding tert-OH is 1. The lowest BCUT2D eigenvalue weighted by molar-refractivity contribution is -0.383. The van der Waals surface area contributed by atoms with Gasteiger partial charge in [0, 0.05) is 11.5 Å². The van der Waals surface area contributed by atoms with Gasteiger partial charge in [-0.2, -0.15) is 0 Å². The van der Waals surface area contributed by atoms with Crippen LogP contribution in [0.5, 0.6) is 5.75 Å². The van der Waals surface area contributed by atoms with Gasteiger partial charge in [-0.05, 0) is 30.7 Å². The van der Waals surface area contributed by atoms with Crippen molar-refractivity contribution in [1.29, 1.82) is 0 Å². The summed E-state index contributed by atoms with van der Waals surface area (Å²) in [5.74, 6) is 0.608. The number of pyridine rings is 1. The maximum atomic E-state index is 11.4. The van der Waals surface area contributed by atoms with Gasteiger partial charge < -0.3 is 15.2 Å². The van der Waals surface area contributed by atoms with Gasteiger partial charge in [0.1, 0.15) is 17.4 Å². The third kappa shape index (κ3) is 2.69. The Morgan fingerprint density at radius 1 is 1.33 bits per heavy atom. The summed E-state index contributed by atoms with van der Waals surface area (Å²) in [4.78, 5) is 15.5. The first-order chi connectivity index (χ1) is 11.5. The van der Waals surface area contributed by atoms with Crippen molar-refractivity contribution in [2.45, 2.75) is 19.6 Å². The minimum Gasteiger partial charge on any atom is -0.497 e. The summed E-state index contributed by atoms with van der Waals surface area (Å²) < 4.78 is 5.25. The first-order valence-corrected chi connectivity index (χ1v) is 7.54. The van der Waals surface area contributed by atoms with E-state index >= 15 is 0 Å². The van der Waals surface area contributed by atoms with Crippen molar-refractivity contribution >= 4 is 33.2 Å². The number of aliphatic hydroxyl groups is 1. The fourth-order valence-electron chi connectivity index (χ4n) is 2.65. The lowest BCUT2D eigenvalue weighted by Crippen LogP contribution is -2.17. The molecule has 2 N–H and O–H groups in total. The van der Waals surface area contributed by atoms with E-state index in [0.717, 1.165) is 0 Å². The lowest BCUT2D eigenvalue weighted by atomic mass is 10.1. The number of rotatable bonds is 5. The van der Waals surface area contributed by atoms with E-state index in [4.69, 9.17) is 4.74 Å². The number of hydrogen-bond donors (Lipinski definition) is 2. The fourth-order valence-corrected chi connectivity index (χ4v) is 2.65. The molecule has 0 radical (unpaired) electrons. The second kappa shape index (κ2) is 6.29. The highest BCUT2D eigenvalue weighted by Gasteiger charge is 2.20. The second-order valence-electron chi connectivity index (χ2n) is 5.37. The van der Waals surface area contributed by atoms with Crippen molar-refractivity contribution in [2.24, 2.45) is 0 Å². The molecule has 0 spiro atoms. The molecule has 2 aromatic carbocycles. The molecule has 7 heteroatoms. The molecule has 3 rings (SSSR count). The highest BCUT2D eigenvalue weighted by Crippen LogP contribution is 2.38. The quantitative estimate of drug-likeness (QED) is 0.322. The van der Waals surface area contributed by atoms with E-state index in [2.05, 4.69) is 10.3 Å². The number of fused-ring (bicyclic) bond motifs is 2. The van der Waals surface area contributed by atoms with Gasteiger partial charge in [-0.15, -0.1) is 0 Å². The third-order valence-electron chi connectivity index (χ3n) is 3.88. The Morgan fingerprint density at radius 3 is 2.79 bits per heavy atom. The van der Waals surface area contributed by atoms with Crippen LogP contribution in [0.2, 0.25) is 0 Å². The zero-order valence-electron chi connectivity index (χ0n) is 13.3. The van der Waals surface area contributed by atoms with Crippen LogP contribution in [-0.4, -0.2) is 28.4 Å². The Kier molecular flexibility index (Phi) is 4.18. The van der Waals surface area contributed by atoms with Gasteiger partial charge >= 0.3 is 0 Å². The number of aromatic nitrogens is 1. The third-order valence-corrected chi connectivity index (χ3v) is 3.88. The number of non-ortho nitro benzene ring substituents is 1. The standard InChI is InChI=1S/C17H17N3O4/c1-3-15(21)19-17-11-9-10(24-2)7-8-12(11)18-13-5-4-6-14(16(13)17)20(22)23/h4-9,15,21H,3H2,1-2H3,(H,18,19). The number of ether oxygens (including phenoxy) is 1. The SMILES string of the molecule is CCC(O)Nc1c2cc(OC)ccc2nc2cccc([N+](=O)[O-])c12. The van der Waals surface area contributed by atoms with Gasteiger partial charge in [0.05, 0.1) is 28.8 Å². The average molecular weight is 327 g/mol. The van der Waals surface area contributed by atoms with Crippen LogP contribution < -0.4 is 10.1 Å². The fraction of sp³-hybridized carbons (Fsp3) is 0.235. The first kappa shape index (κ1) is 15.9. The minimum absolute atomic E-state index is 0.0597. The first-order valence-electron chi connectivity index (χ1n) is 7.54. The molecule has 0 fully saturated rings. The van der Waals surface area contributed by atoms with Crippen LogP contribution in [0.4, 0.5) is 11.4 Å². The number of methoxy groups -OCH3 is 1. The van der Waals surface area contributed by atoms with Gasteiger partial charge in [0.25, 0.3) is 5.69 Å². The molecule has 1 aromatic heterocycles. The van der Waals surface area contributed by atoms with Crippen LogP contribution in [0.15, 0.2) is 36.4 Å². The summed E-state index contributed by atoms with van der Waals surface area (Å²) in [5, 5.41) is 25.5. The zero-order valence-corrected chi connectivity index (χ0v) is 13.3. The average Bonchev–Trinajstić information content (AvgIpc) is 2.60. The van der Waals surface area contributed by atoms with Crippen LogP contribution in [0.25, 0.3) is 21.8 Å². The predicted octanol–water partition coefficient (Wildman–Crippen LogP) is 3.45. The topological polar surface area (TPSA) is 97.5 Å². The predicted molar refractivity (Wildman–Crippen MR) is 92.4 cm³/mol. The monoisotopic (exact) mass is 327 g/mol. The van der Waals surface area contributed by atoms with E-state index in [1.54, 1.807) is 37.4 Å². The van der Waals surface area contributed by atoms with Crippen LogP contribution >= 0.6 is 0 Å². The Hall–Kier alpha value is -2.93. The van der Waals surface area contributed by atoms with E-state index in [9.17, 15) is 15.2 Å². The summed E-state index contributed by atoms with van der Waals surface area (Å²) in [6.07, 6.45) is -0.375. The molecule has 24 heavy (non-hydrogen) atoms. The van der Waals surface area contributed by atoms with Crippen molar-refractivity contribution in [3.63, 3.8) is 0 Å². The number of anilines is 1. The Labute approximate surface area is 138 Å². The molecular formula is C17H17N3O4. The lowest BCUT2D eigenvalue weighted by Gasteiger charge is -2.17. The molecule has 3 aromatic rings. The van der Waals surface area contributed by atoms with Gasteiger partial charge in [0.15, 0.2) is 0 Å². The van der Waals surface area contributed by atoms with E-state index in [1.807, 2.05) is 6.92 Å². The normalized spacial score (nSPS) is 12.3. The second-order valence-corrected chi connectivity index (χ2v) is 5.37. The zero-order chi connectivity index (χ0) is 17.3. The van der Waals surface area contributed by atoms with Crippen molar-refractivity contribution in [3.05, 3.63) is 46.5 Å². The molecule has 0 aliphatic heterocycles. The van der Waals surface area contributed by atoms with Crippen LogP contribution in [-0.2, 0) is 0 Å². The van der Waals surface area contributed by atoms with Gasteiger partial charge in [0.2, 0.25) is 0 Å². The molecule has 7 nitrogen and oxygen atoms in total. The largest absolute Gasteiger partial charge is 0.497 e. The molecular weight excluding hydrogens is 310 g/mol. The molecule has 1 atom stereocenters. The van der Waals surface area contributed by atoms with E-state index in [-0.39, 0.29) is 5.69 Å². The van der Waals surface area contributed by atoms with Crippen LogP contribution in [0.3, 0.4) is 0 Å². The maximum absolute atomic E-state index is 11.4. The van der Waals surface area contributed by atoms with E-state index in [1.165, 1.54) is 6.07 Å².